The van der Waals surface area contributed by atoms with Gasteiger partial charge in [0.05, 0.1) is 29.9 Å². The normalized spacial score (nSPS) is 12.8. The number of carbonyl (C=O) groups is 1. The molecule has 5 nitrogen and oxygen atoms in total. The van der Waals surface area contributed by atoms with Crippen LogP contribution >= 0.6 is 0 Å². The van der Waals surface area contributed by atoms with Crippen LogP contribution in [0.1, 0.15) is 30.6 Å². The summed E-state index contributed by atoms with van der Waals surface area (Å²) in [5, 5.41) is 16.3. The smallest absolute Gasteiger partial charge is 0.255 e. The number of nitrogens with zero attached hydrogens (tertiary/aromatic N) is 2. The van der Waals surface area contributed by atoms with E-state index in [0.29, 0.717) is 11.5 Å². The van der Waals surface area contributed by atoms with E-state index in [1.165, 1.54) is 0 Å². The predicted molar refractivity (Wildman–Crippen MR) is 73.0 cm³/mol. The maximum absolute atomic E-state index is 12.2. The van der Waals surface area contributed by atoms with Crippen LogP contribution in [0.4, 0.5) is 0 Å². The standard InChI is InChI=1S/C14H19N3O2/c1-10(2)7-11(9-18)16-14(19)12-8-15-17-6-4-3-5-13(12)17/h3-6,8,10-11,18H,7,9H2,1-2H3,(H,16,19). The number of nitrogens with one attached hydrogen (secondary N) is 1. The molecule has 5 heteroatoms. The molecule has 0 aliphatic heterocycles. The van der Waals surface area contributed by atoms with Gasteiger partial charge in [0.15, 0.2) is 0 Å². The van der Waals surface area contributed by atoms with E-state index in [0.717, 1.165) is 11.9 Å². The minimum atomic E-state index is -0.217. The van der Waals surface area contributed by atoms with Gasteiger partial charge in [-0.05, 0) is 24.5 Å². The Hall–Kier alpha value is -1.88. The fourth-order valence-corrected chi connectivity index (χ4v) is 2.12. The third-order valence-electron chi connectivity index (χ3n) is 2.98. The number of hydrogen-bond acceptors (Lipinski definition) is 3. The highest BCUT2D eigenvalue weighted by molar-refractivity contribution is 6.00. The van der Waals surface area contributed by atoms with Gasteiger partial charge < -0.3 is 10.4 Å². The number of aromatic nitrogens is 2. The van der Waals surface area contributed by atoms with Gasteiger partial charge in [-0.2, -0.15) is 5.10 Å². The number of aliphatic hydroxyl groups is 1. The number of carbonyl (C=O) groups excluding carboxylic acids is 1. The van der Waals surface area contributed by atoms with Crippen molar-refractivity contribution < 1.29 is 9.90 Å². The molecule has 0 saturated heterocycles. The van der Waals surface area contributed by atoms with Crippen molar-refractivity contribution in [3.8, 4) is 0 Å². The van der Waals surface area contributed by atoms with Crippen LogP contribution in [0.2, 0.25) is 0 Å². The maximum Gasteiger partial charge on any atom is 0.255 e. The Balaban J connectivity index is 2.15. The lowest BCUT2D eigenvalue weighted by molar-refractivity contribution is 0.0910. The topological polar surface area (TPSA) is 66.6 Å². The van der Waals surface area contributed by atoms with Gasteiger partial charge in [0.25, 0.3) is 5.91 Å². The zero-order valence-electron chi connectivity index (χ0n) is 11.2. The molecule has 0 aromatic carbocycles. The Morgan fingerprint density at radius 1 is 1.47 bits per heavy atom. The number of amides is 1. The van der Waals surface area contributed by atoms with Gasteiger partial charge in [-0.3, -0.25) is 4.79 Å². The molecule has 0 radical (unpaired) electrons. The van der Waals surface area contributed by atoms with Gasteiger partial charge in [0.1, 0.15) is 0 Å². The van der Waals surface area contributed by atoms with E-state index in [1.807, 2.05) is 18.2 Å². The SMILES string of the molecule is CC(C)CC(CO)NC(=O)c1cnn2ccccc12. The van der Waals surface area contributed by atoms with Crippen LogP contribution in [-0.4, -0.2) is 33.3 Å². The van der Waals surface area contributed by atoms with Gasteiger partial charge in [-0.1, -0.05) is 19.9 Å². The summed E-state index contributed by atoms with van der Waals surface area (Å²) in [5.74, 6) is 0.224. The van der Waals surface area contributed by atoms with Crippen molar-refractivity contribution in [2.45, 2.75) is 26.3 Å². The van der Waals surface area contributed by atoms with E-state index in [4.69, 9.17) is 0 Å². The van der Waals surface area contributed by atoms with Gasteiger partial charge >= 0.3 is 0 Å². The van der Waals surface area contributed by atoms with E-state index in [1.54, 1.807) is 16.9 Å². The fourth-order valence-electron chi connectivity index (χ4n) is 2.12. The van der Waals surface area contributed by atoms with Crippen molar-refractivity contribution in [1.82, 2.24) is 14.9 Å². The summed E-state index contributed by atoms with van der Waals surface area (Å²) < 4.78 is 1.66. The summed E-state index contributed by atoms with van der Waals surface area (Å²) in [4.78, 5) is 12.2. The van der Waals surface area contributed by atoms with Gasteiger partial charge in [0, 0.05) is 6.20 Å². The maximum atomic E-state index is 12.2. The first kappa shape index (κ1) is 13.5. The van der Waals surface area contributed by atoms with E-state index >= 15 is 0 Å². The number of pyridine rings is 1. The number of aliphatic hydroxyl groups excluding tert-OH is 1. The zero-order valence-corrected chi connectivity index (χ0v) is 11.2. The third-order valence-corrected chi connectivity index (χ3v) is 2.98. The molecule has 102 valence electrons. The molecule has 0 aliphatic carbocycles. The highest BCUT2D eigenvalue weighted by Gasteiger charge is 2.17. The Morgan fingerprint density at radius 2 is 2.26 bits per heavy atom. The lowest BCUT2D eigenvalue weighted by atomic mass is 10.0. The molecule has 2 N–H and O–H groups in total. The lowest BCUT2D eigenvalue weighted by Crippen LogP contribution is -2.38. The van der Waals surface area contributed by atoms with Crippen LogP contribution in [0.3, 0.4) is 0 Å². The monoisotopic (exact) mass is 261 g/mol. The molecular formula is C14H19N3O2. The van der Waals surface area contributed by atoms with Crippen molar-refractivity contribution in [2.75, 3.05) is 6.61 Å². The molecule has 0 saturated carbocycles. The summed E-state index contributed by atoms with van der Waals surface area (Å²) in [6, 6.07) is 5.35. The van der Waals surface area contributed by atoms with E-state index < -0.39 is 0 Å². The molecule has 0 aliphatic rings. The molecule has 2 aromatic rings. The molecule has 0 fully saturated rings. The molecule has 0 bridgehead atoms. The highest BCUT2D eigenvalue weighted by Crippen LogP contribution is 2.11. The summed E-state index contributed by atoms with van der Waals surface area (Å²) in [6.45, 7) is 4.07. The third kappa shape index (κ3) is 3.12. The molecule has 19 heavy (non-hydrogen) atoms. The van der Waals surface area contributed by atoms with Crippen molar-refractivity contribution >= 4 is 11.4 Å². The molecule has 1 amide bonds. The lowest BCUT2D eigenvalue weighted by Gasteiger charge is -2.17. The van der Waals surface area contributed by atoms with Crippen molar-refractivity contribution in [3.63, 3.8) is 0 Å². The summed E-state index contributed by atoms with van der Waals surface area (Å²) in [6.07, 6.45) is 4.10. The Kier molecular flexibility index (Phi) is 4.16. The number of fused-ring (bicyclic) bond motifs is 1. The first-order valence-electron chi connectivity index (χ1n) is 6.46. The first-order chi connectivity index (χ1) is 9.11. The van der Waals surface area contributed by atoms with Gasteiger partial charge in [0.2, 0.25) is 0 Å². The largest absolute Gasteiger partial charge is 0.394 e. The van der Waals surface area contributed by atoms with E-state index in [2.05, 4.69) is 24.3 Å². The van der Waals surface area contributed by atoms with Gasteiger partial charge in [-0.25, -0.2) is 4.52 Å². The quantitative estimate of drug-likeness (QED) is 0.856. The minimum Gasteiger partial charge on any atom is -0.394 e. The van der Waals surface area contributed by atoms with Crippen LogP contribution in [0, 0.1) is 5.92 Å². The molecule has 1 unspecified atom stereocenters. The second kappa shape index (κ2) is 5.84. The number of rotatable bonds is 5. The molecule has 2 rings (SSSR count). The van der Waals surface area contributed by atoms with Crippen LogP contribution in [0.25, 0.3) is 5.52 Å². The van der Waals surface area contributed by atoms with Gasteiger partial charge in [-0.15, -0.1) is 0 Å². The Labute approximate surface area is 112 Å². The molecule has 2 heterocycles. The predicted octanol–water partition coefficient (Wildman–Crippen LogP) is 1.47. The highest BCUT2D eigenvalue weighted by atomic mass is 16.3. The minimum absolute atomic E-state index is 0.0524. The van der Waals surface area contributed by atoms with Crippen LogP contribution in [0.15, 0.2) is 30.6 Å². The zero-order chi connectivity index (χ0) is 13.8. The van der Waals surface area contributed by atoms with E-state index in [-0.39, 0.29) is 18.6 Å². The van der Waals surface area contributed by atoms with Crippen LogP contribution < -0.4 is 5.32 Å². The average Bonchev–Trinajstić information content (AvgIpc) is 2.81. The Bertz CT molecular complexity index is 563. The summed E-state index contributed by atoms with van der Waals surface area (Å²) >= 11 is 0. The second-order valence-electron chi connectivity index (χ2n) is 5.07. The molecule has 0 spiro atoms. The second-order valence-corrected chi connectivity index (χ2v) is 5.07. The summed E-state index contributed by atoms with van der Waals surface area (Å²) in [5.41, 5.74) is 1.30. The molecule has 2 aromatic heterocycles. The van der Waals surface area contributed by atoms with Crippen LogP contribution in [0.5, 0.6) is 0 Å². The average molecular weight is 261 g/mol. The van der Waals surface area contributed by atoms with E-state index in [9.17, 15) is 9.90 Å². The first-order valence-corrected chi connectivity index (χ1v) is 6.46. The Morgan fingerprint density at radius 3 is 2.95 bits per heavy atom. The van der Waals surface area contributed by atoms with Crippen LogP contribution in [-0.2, 0) is 0 Å². The fraction of sp³-hybridized carbons (Fsp3) is 0.429. The summed E-state index contributed by atoms with van der Waals surface area (Å²) in [7, 11) is 0. The van der Waals surface area contributed by atoms with Crippen molar-refractivity contribution in [3.05, 3.63) is 36.2 Å². The van der Waals surface area contributed by atoms with Crippen molar-refractivity contribution in [1.29, 1.82) is 0 Å². The number of hydrogen-bond donors (Lipinski definition) is 2. The van der Waals surface area contributed by atoms with Crippen molar-refractivity contribution in [2.24, 2.45) is 5.92 Å². The molecular weight excluding hydrogens is 242 g/mol. The molecule has 1 atom stereocenters.